The van der Waals surface area contributed by atoms with Gasteiger partial charge in [0.2, 0.25) is 11.8 Å². The summed E-state index contributed by atoms with van der Waals surface area (Å²) >= 11 is 3.56. The first kappa shape index (κ1) is 25.9. The number of hydrogen-bond donors (Lipinski definition) is 2. The van der Waals surface area contributed by atoms with Gasteiger partial charge in [0.15, 0.2) is 0 Å². The van der Waals surface area contributed by atoms with Crippen LogP contribution in [-0.4, -0.2) is 79.6 Å². The van der Waals surface area contributed by atoms with Crippen molar-refractivity contribution in [3.8, 4) is 0 Å². The molecule has 2 N–H and O–H groups in total. The molecule has 4 rings (SSSR count). The molecule has 3 saturated heterocycles. The number of nitrogens with zero attached hydrogens (tertiary/aromatic N) is 2. The summed E-state index contributed by atoms with van der Waals surface area (Å²) in [5, 5.41) is 20.4. The summed E-state index contributed by atoms with van der Waals surface area (Å²) in [4.78, 5) is 43.3. The fourth-order valence-electron chi connectivity index (χ4n) is 6.17. The van der Waals surface area contributed by atoms with Crippen molar-refractivity contribution in [2.45, 2.75) is 61.8 Å². The predicted molar refractivity (Wildman–Crippen MR) is 133 cm³/mol. The zero-order valence-electron chi connectivity index (χ0n) is 20.0. The van der Waals surface area contributed by atoms with Crippen LogP contribution < -0.4 is 0 Å². The number of aliphatic hydroxyl groups excluding tert-OH is 1. The van der Waals surface area contributed by atoms with E-state index in [1.165, 1.54) is 4.90 Å². The number of alkyl halides is 1. The zero-order valence-corrected chi connectivity index (χ0v) is 21.6. The number of halogens is 1. The Morgan fingerprint density at radius 2 is 2.06 bits per heavy atom. The minimum atomic E-state index is -1.27. The number of benzene rings is 1. The number of fused-ring (bicyclic) bond motifs is 1. The first-order valence-electron chi connectivity index (χ1n) is 12.1. The van der Waals surface area contributed by atoms with Gasteiger partial charge in [-0.05, 0) is 17.9 Å². The Morgan fingerprint density at radius 1 is 1.37 bits per heavy atom. The molecule has 2 bridgehead atoms. The monoisotopic (exact) mass is 548 g/mol. The molecule has 1 aromatic carbocycles. The number of ether oxygens (including phenoxy) is 1. The Balaban J connectivity index is 1.81. The third-order valence-corrected chi connectivity index (χ3v) is 8.81. The number of hydrogen-bond acceptors (Lipinski definition) is 5. The van der Waals surface area contributed by atoms with Crippen LogP contribution in [0.3, 0.4) is 0 Å². The molecule has 9 heteroatoms. The summed E-state index contributed by atoms with van der Waals surface area (Å²) in [6.07, 6.45) is 1.96. The van der Waals surface area contributed by atoms with Crippen molar-refractivity contribution in [2.24, 2.45) is 17.8 Å². The second-order valence-corrected chi connectivity index (χ2v) is 11.1. The Labute approximate surface area is 214 Å². The Hall–Kier alpha value is -2.23. The molecule has 1 unspecified atom stereocenters. The second-order valence-electron chi connectivity index (χ2n) is 9.88. The SMILES string of the molecule is C=CCN(Cc1ccccc1)C(=O)[C@@H]1N([C@@H](CO)[C@@H](C)CC)C(=O)[C@H]2[C@H](C(=O)O)[C@H]3O[C@@]12CC3Br. The molecule has 0 aromatic heterocycles. The zero-order chi connectivity index (χ0) is 25.5. The maximum absolute atomic E-state index is 14.3. The maximum atomic E-state index is 14.3. The molecule has 3 heterocycles. The molecular formula is C26H33BrN2O6. The van der Waals surface area contributed by atoms with Crippen molar-refractivity contribution >= 4 is 33.7 Å². The lowest BCUT2D eigenvalue weighted by molar-refractivity contribution is -0.154. The highest BCUT2D eigenvalue weighted by Crippen LogP contribution is 2.60. The highest BCUT2D eigenvalue weighted by molar-refractivity contribution is 9.09. The fraction of sp³-hybridized carbons (Fsp3) is 0.577. The molecule has 0 saturated carbocycles. The number of carboxylic acid groups (broad SMARTS) is 1. The number of carboxylic acids is 1. The van der Waals surface area contributed by atoms with Gasteiger partial charge in [-0.2, -0.15) is 0 Å². The van der Waals surface area contributed by atoms with E-state index in [2.05, 4.69) is 22.5 Å². The molecular weight excluding hydrogens is 516 g/mol. The van der Waals surface area contributed by atoms with Gasteiger partial charge >= 0.3 is 5.97 Å². The van der Waals surface area contributed by atoms with Crippen molar-refractivity contribution < 1.29 is 29.3 Å². The lowest BCUT2D eigenvalue weighted by atomic mass is 9.70. The molecule has 3 fully saturated rings. The van der Waals surface area contributed by atoms with Crippen LogP contribution in [0.2, 0.25) is 0 Å². The maximum Gasteiger partial charge on any atom is 0.310 e. The summed E-state index contributed by atoms with van der Waals surface area (Å²) in [6, 6.07) is 7.86. The van der Waals surface area contributed by atoms with Crippen LogP contribution in [0.15, 0.2) is 43.0 Å². The third kappa shape index (κ3) is 4.11. The highest BCUT2D eigenvalue weighted by Gasteiger charge is 2.77. The van der Waals surface area contributed by atoms with Crippen LogP contribution in [0.5, 0.6) is 0 Å². The predicted octanol–water partition coefficient (Wildman–Crippen LogP) is 2.44. The number of carbonyl (C=O) groups is 3. The lowest BCUT2D eigenvalue weighted by Crippen LogP contribution is -2.59. The van der Waals surface area contributed by atoms with Crippen molar-refractivity contribution in [1.29, 1.82) is 0 Å². The summed E-state index contributed by atoms with van der Waals surface area (Å²) in [5.41, 5.74) is -0.348. The molecule has 2 amide bonds. The fourth-order valence-corrected chi connectivity index (χ4v) is 7.11. The van der Waals surface area contributed by atoms with E-state index in [1.807, 2.05) is 44.2 Å². The highest BCUT2D eigenvalue weighted by atomic mass is 79.9. The van der Waals surface area contributed by atoms with Crippen molar-refractivity contribution in [1.82, 2.24) is 9.80 Å². The van der Waals surface area contributed by atoms with Gasteiger partial charge in [-0.15, -0.1) is 6.58 Å². The third-order valence-electron chi connectivity index (χ3n) is 7.97. The molecule has 35 heavy (non-hydrogen) atoms. The number of aliphatic hydroxyl groups is 1. The van der Waals surface area contributed by atoms with Gasteiger partial charge in [-0.1, -0.05) is 72.6 Å². The summed E-state index contributed by atoms with van der Waals surface area (Å²) in [6.45, 7) is 7.92. The topological polar surface area (TPSA) is 107 Å². The molecule has 0 radical (unpaired) electrons. The van der Waals surface area contributed by atoms with Gasteiger partial charge in [0.05, 0.1) is 30.6 Å². The Bertz CT molecular complexity index is 989. The minimum Gasteiger partial charge on any atom is -0.481 e. The molecule has 1 spiro atoms. The van der Waals surface area contributed by atoms with Crippen LogP contribution >= 0.6 is 15.9 Å². The number of carbonyl (C=O) groups excluding carboxylic acids is 2. The van der Waals surface area contributed by atoms with E-state index in [0.29, 0.717) is 19.4 Å². The average molecular weight is 549 g/mol. The normalized spacial score (nSPS) is 32.9. The van der Waals surface area contributed by atoms with E-state index in [-0.39, 0.29) is 29.8 Å². The molecule has 8 atom stereocenters. The van der Waals surface area contributed by atoms with Gasteiger partial charge in [0.1, 0.15) is 11.6 Å². The van der Waals surface area contributed by atoms with Crippen molar-refractivity contribution in [2.75, 3.05) is 13.2 Å². The van der Waals surface area contributed by atoms with E-state index in [0.717, 1.165) is 5.56 Å². The molecule has 190 valence electrons. The summed E-state index contributed by atoms with van der Waals surface area (Å²) < 4.78 is 6.35. The van der Waals surface area contributed by atoms with Gasteiger partial charge in [0.25, 0.3) is 0 Å². The van der Waals surface area contributed by atoms with Crippen LogP contribution in [0.25, 0.3) is 0 Å². The average Bonchev–Trinajstić information content (AvgIpc) is 3.43. The van der Waals surface area contributed by atoms with E-state index in [1.54, 1.807) is 11.0 Å². The Morgan fingerprint density at radius 3 is 2.63 bits per heavy atom. The van der Waals surface area contributed by atoms with E-state index >= 15 is 0 Å². The quantitative estimate of drug-likeness (QED) is 0.343. The molecule has 1 aromatic rings. The number of likely N-dealkylation sites (tertiary alicyclic amines) is 1. The van der Waals surface area contributed by atoms with Gasteiger partial charge < -0.3 is 24.7 Å². The van der Waals surface area contributed by atoms with Crippen LogP contribution in [0.1, 0.15) is 32.3 Å². The molecule has 3 aliphatic rings. The van der Waals surface area contributed by atoms with E-state index in [9.17, 15) is 24.6 Å². The van der Waals surface area contributed by atoms with E-state index in [4.69, 9.17) is 4.74 Å². The molecule has 8 nitrogen and oxygen atoms in total. The summed E-state index contributed by atoms with van der Waals surface area (Å²) in [7, 11) is 0. The van der Waals surface area contributed by atoms with Gasteiger partial charge in [-0.25, -0.2) is 0 Å². The first-order valence-corrected chi connectivity index (χ1v) is 13.0. The van der Waals surface area contributed by atoms with Gasteiger partial charge in [-0.3, -0.25) is 14.4 Å². The van der Waals surface area contributed by atoms with Crippen molar-refractivity contribution in [3.63, 3.8) is 0 Å². The standard InChI is InChI=1S/C26H33BrN2O6/c1-4-11-28(13-16-9-7-6-8-10-16)24(32)22-26-12-17(27)21(35-26)19(25(33)34)20(26)23(31)29(22)18(14-30)15(3)5-2/h4,6-10,15,17-22,30H,1,5,11-14H2,2-3H3,(H,33,34)/t15-,17?,18-,19-,20+,21-,22-,26+/m0/s1. The first-order chi connectivity index (χ1) is 16.7. The number of rotatable bonds is 10. The van der Waals surface area contributed by atoms with Crippen LogP contribution in [0.4, 0.5) is 0 Å². The van der Waals surface area contributed by atoms with Crippen LogP contribution in [0, 0.1) is 17.8 Å². The number of aliphatic carboxylic acids is 1. The van der Waals surface area contributed by atoms with Crippen molar-refractivity contribution in [3.05, 3.63) is 48.6 Å². The largest absolute Gasteiger partial charge is 0.481 e. The minimum absolute atomic E-state index is 0.100. The number of amides is 2. The lowest BCUT2D eigenvalue weighted by Gasteiger charge is -2.41. The molecule has 0 aliphatic carbocycles. The molecule has 3 aliphatic heterocycles. The van der Waals surface area contributed by atoms with Crippen LogP contribution in [-0.2, 0) is 25.7 Å². The second kappa shape index (κ2) is 10.0. The summed E-state index contributed by atoms with van der Waals surface area (Å²) in [5.74, 6) is -3.99. The smallest absolute Gasteiger partial charge is 0.310 e. The Kier molecular flexibility index (Phi) is 7.41. The van der Waals surface area contributed by atoms with E-state index < -0.39 is 47.5 Å². The van der Waals surface area contributed by atoms with Gasteiger partial charge in [0, 0.05) is 17.9 Å².